The minimum atomic E-state index is -0.659. The number of hydrogen-bond donors (Lipinski definition) is 3. The highest BCUT2D eigenvalue weighted by atomic mass is 16.3. The van der Waals surface area contributed by atoms with Crippen molar-refractivity contribution in [3.63, 3.8) is 0 Å². The molecule has 5 nitrogen and oxygen atoms in total. The SMILES string of the molecule is CC1CC/C(=N/NC(N)=O)C(CO)C1. The van der Waals surface area contributed by atoms with Crippen molar-refractivity contribution in [3.8, 4) is 0 Å². The molecule has 14 heavy (non-hydrogen) atoms. The summed E-state index contributed by atoms with van der Waals surface area (Å²) in [6, 6.07) is -0.659. The normalized spacial score (nSPS) is 30.3. The first-order valence-corrected chi connectivity index (χ1v) is 4.86. The topological polar surface area (TPSA) is 87.7 Å². The van der Waals surface area contributed by atoms with E-state index >= 15 is 0 Å². The zero-order chi connectivity index (χ0) is 10.6. The summed E-state index contributed by atoms with van der Waals surface area (Å²) >= 11 is 0. The number of urea groups is 1. The van der Waals surface area contributed by atoms with Crippen LogP contribution >= 0.6 is 0 Å². The number of nitrogens with two attached hydrogens (primary N) is 1. The van der Waals surface area contributed by atoms with Crippen molar-refractivity contribution < 1.29 is 9.90 Å². The van der Waals surface area contributed by atoms with E-state index in [1.165, 1.54) is 0 Å². The average molecular weight is 199 g/mol. The van der Waals surface area contributed by atoms with Gasteiger partial charge in [0.05, 0.1) is 6.61 Å². The zero-order valence-corrected chi connectivity index (χ0v) is 8.36. The van der Waals surface area contributed by atoms with Gasteiger partial charge in [0, 0.05) is 11.6 Å². The van der Waals surface area contributed by atoms with E-state index in [2.05, 4.69) is 17.5 Å². The fraction of sp³-hybridized carbons (Fsp3) is 0.778. The molecule has 0 heterocycles. The summed E-state index contributed by atoms with van der Waals surface area (Å²) in [7, 11) is 0. The van der Waals surface area contributed by atoms with Gasteiger partial charge >= 0.3 is 6.03 Å². The summed E-state index contributed by atoms with van der Waals surface area (Å²) in [5.41, 5.74) is 7.97. The van der Waals surface area contributed by atoms with E-state index in [1.54, 1.807) is 0 Å². The summed E-state index contributed by atoms with van der Waals surface area (Å²) in [5.74, 6) is 0.685. The van der Waals surface area contributed by atoms with Gasteiger partial charge in [-0.05, 0) is 25.2 Å². The van der Waals surface area contributed by atoms with Crippen LogP contribution < -0.4 is 11.2 Å². The first-order valence-electron chi connectivity index (χ1n) is 4.86. The lowest BCUT2D eigenvalue weighted by Gasteiger charge is -2.26. The van der Waals surface area contributed by atoms with E-state index in [4.69, 9.17) is 10.8 Å². The van der Waals surface area contributed by atoms with E-state index in [-0.39, 0.29) is 12.5 Å². The van der Waals surface area contributed by atoms with Crippen LogP contribution in [0.5, 0.6) is 0 Å². The van der Waals surface area contributed by atoms with Crippen LogP contribution in [0.2, 0.25) is 0 Å². The number of rotatable bonds is 2. The molecule has 0 radical (unpaired) electrons. The maximum absolute atomic E-state index is 10.4. The Bertz CT molecular complexity index is 240. The lowest BCUT2D eigenvalue weighted by atomic mass is 9.81. The molecular weight excluding hydrogens is 182 g/mol. The molecule has 0 aliphatic heterocycles. The molecule has 1 fully saturated rings. The lowest BCUT2D eigenvalue weighted by Crippen LogP contribution is -2.31. The smallest absolute Gasteiger partial charge is 0.332 e. The molecule has 0 spiro atoms. The number of amides is 2. The van der Waals surface area contributed by atoms with Crippen molar-refractivity contribution in [3.05, 3.63) is 0 Å². The van der Waals surface area contributed by atoms with Crippen LogP contribution in [0, 0.1) is 11.8 Å². The second-order valence-electron chi connectivity index (χ2n) is 3.84. The molecule has 0 bridgehead atoms. The molecule has 2 amide bonds. The van der Waals surface area contributed by atoms with Crippen LogP contribution in [0.1, 0.15) is 26.2 Å². The average Bonchev–Trinajstić information content (AvgIpc) is 2.15. The third-order valence-corrected chi connectivity index (χ3v) is 2.58. The quantitative estimate of drug-likeness (QED) is 0.563. The molecule has 80 valence electrons. The minimum absolute atomic E-state index is 0.0746. The van der Waals surface area contributed by atoms with Gasteiger partial charge in [0.25, 0.3) is 0 Å². The van der Waals surface area contributed by atoms with E-state index < -0.39 is 6.03 Å². The molecule has 0 aromatic carbocycles. The second kappa shape index (κ2) is 4.95. The van der Waals surface area contributed by atoms with Crippen LogP contribution in [-0.2, 0) is 0 Å². The Morgan fingerprint density at radius 2 is 2.50 bits per heavy atom. The van der Waals surface area contributed by atoms with Gasteiger partial charge in [-0.25, -0.2) is 10.2 Å². The van der Waals surface area contributed by atoms with Gasteiger partial charge in [-0.1, -0.05) is 6.92 Å². The molecule has 2 atom stereocenters. The number of carbonyl (C=O) groups excluding carboxylic acids is 1. The number of carbonyl (C=O) groups is 1. The van der Waals surface area contributed by atoms with E-state index in [9.17, 15) is 4.79 Å². The Morgan fingerprint density at radius 1 is 1.79 bits per heavy atom. The molecule has 1 saturated carbocycles. The highest BCUT2D eigenvalue weighted by molar-refractivity contribution is 5.88. The van der Waals surface area contributed by atoms with Crippen molar-refractivity contribution in [1.29, 1.82) is 0 Å². The summed E-state index contributed by atoms with van der Waals surface area (Å²) in [5, 5.41) is 13.0. The van der Waals surface area contributed by atoms with Crippen LogP contribution in [0.15, 0.2) is 5.10 Å². The van der Waals surface area contributed by atoms with Crippen molar-refractivity contribution in [2.75, 3.05) is 6.61 Å². The van der Waals surface area contributed by atoms with Crippen LogP contribution in [-0.4, -0.2) is 23.5 Å². The third kappa shape index (κ3) is 2.99. The Kier molecular flexibility index (Phi) is 3.88. The molecule has 1 rings (SSSR count). The van der Waals surface area contributed by atoms with Crippen LogP contribution in [0.3, 0.4) is 0 Å². The van der Waals surface area contributed by atoms with Crippen molar-refractivity contribution in [2.45, 2.75) is 26.2 Å². The monoisotopic (exact) mass is 199 g/mol. The maximum Gasteiger partial charge on any atom is 0.332 e. The summed E-state index contributed by atoms with van der Waals surface area (Å²) in [6.45, 7) is 2.24. The molecule has 1 aliphatic rings. The fourth-order valence-corrected chi connectivity index (χ4v) is 1.79. The molecule has 0 aromatic heterocycles. The van der Waals surface area contributed by atoms with Crippen LogP contribution in [0.4, 0.5) is 4.79 Å². The molecule has 0 aromatic rings. The van der Waals surface area contributed by atoms with Crippen molar-refractivity contribution in [2.24, 2.45) is 22.7 Å². The highest BCUT2D eigenvalue weighted by Gasteiger charge is 2.24. The van der Waals surface area contributed by atoms with E-state index in [1.807, 2.05) is 0 Å². The fourth-order valence-electron chi connectivity index (χ4n) is 1.79. The molecule has 1 aliphatic carbocycles. The number of hydrogen-bond acceptors (Lipinski definition) is 3. The molecule has 0 saturated heterocycles. The van der Waals surface area contributed by atoms with Gasteiger partial charge in [0.1, 0.15) is 0 Å². The van der Waals surface area contributed by atoms with Crippen LogP contribution in [0.25, 0.3) is 0 Å². The predicted octanol–water partition coefficient (Wildman–Crippen LogP) is 0.439. The number of aliphatic hydroxyl groups excluding tert-OH is 1. The van der Waals surface area contributed by atoms with Gasteiger partial charge < -0.3 is 10.8 Å². The maximum atomic E-state index is 10.4. The Hall–Kier alpha value is -1.10. The van der Waals surface area contributed by atoms with Gasteiger partial charge in [-0.3, -0.25) is 0 Å². The Balaban J connectivity index is 2.57. The number of aliphatic hydroxyl groups is 1. The second-order valence-corrected chi connectivity index (χ2v) is 3.84. The summed E-state index contributed by atoms with van der Waals surface area (Å²) in [4.78, 5) is 10.4. The van der Waals surface area contributed by atoms with Gasteiger partial charge in [0.2, 0.25) is 0 Å². The molecule has 5 heteroatoms. The van der Waals surface area contributed by atoms with Gasteiger partial charge in [-0.2, -0.15) is 5.10 Å². The number of primary amides is 1. The first-order chi connectivity index (χ1) is 6.63. The first kappa shape index (κ1) is 11.0. The minimum Gasteiger partial charge on any atom is -0.396 e. The summed E-state index contributed by atoms with van der Waals surface area (Å²) in [6.07, 6.45) is 2.80. The standard InChI is InChI=1S/C9H17N3O2/c1-6-2-3-8(7(4-6)5-13)11-12-9(10)14/h6-7,13H,2-5H2,1H3,(H3,10,12,14)/b11-8-. The summed E-state index contributed by atoms with van der Waals surface area (Å²) < 4.78 is 0. The predicted molar refractivity (Wildman–Crippen MR) is 53.7 cm³/mol. The van der Waals surface area contributed by atoms with E-state index in [0.29, 0.717) is 5.92 Å². The molecular formula is C9H17N3O2. The van der Waals surface area contributed by atoms with Crippen molar-refractivity contribution >= 4 is 11.7 Å². The number of hydrazone groups is 1. The number of nitrogens with one attached hydrogen (secondary N) is 1. The molecule has 4 N–H and O–H groups in total. The Morgan fingerprint density at radius 3 is 3.07 bits per heavy atom. The number of nitrogens with zero attached hydrogens (tertiary/aromatic N) is 1. The van der Waals surface area contributed by atoms with E-state index in [0.717, 1.165) is 25.0 Å². The largest absolute Gasteiger partial charge is 0.396 e. The van der Waals surface area contributed by atoms with Crippen molar-refractivity contribution in [1.82, 2.24) is 5.43 Å². The van der Waals surface area contributed by atoms with Gasteiger partial charge in [0.15, 0.2) is 0 Å². The van der Waals surface area contributed by atoms with Gasteiger partial charge in [-0.15, -0.1) is 0 Å². The Labute approximate surface area is 83.4 Å². The zero-order valence-electron chi connectivity index (χ0n) is 8.36. The lowest BCUT2D eigenvalue weighted by molar-refractivity contribution is 0.228. The third-order valence-electron chi connectivity index (χ3n) is 2.58. The molecule has 2 unspecified atom stereocenters. The highest BCUT2D eigenvalue weighted by Crippen LogP contribution is 2.26.